The minimum absolute atomic E-state index is 0.0529. The SMILES string of the molecule is Cc1ccc(C(=O)/C=C/c2csc(-c3cccs3)n2)cc1[N+](=O)[O-]. The van der Waals surface area contributed by atoms with E-state index in [0.29, 0.717) is 11.3 Å². The van der Waals surface area contributed by atoms with Gasteiger partial charge in [-0.2, -0.15) is 0 Å². The minimum atomic E-state index is -0.483. The minimum Gasteiger partial charge on any atom is -0.289 e. The molecule has 0 unspecified atom stereocenters. The molecule has 0 saturated heterocycles. The van der Waals surface area contributed by atoms with E-state index in [0.717, 1.165) is 9.88 Å². The summed E-state index contributed by atoms with van der Waals surface area (Å²) in [4.78, 5) is 28.2. The first-order valence-corrected chi connectivity index (χ1v) is 8.77. The number of thiophene rings is 1. The van der Waals surface area contributed by atoms with Gasteiger partial charge in [0, 0.05) is 22.6 Å². The standard InChI is InChI=1S/C17H12N2O3S2/c1-11-4-5-12(9-14(11)19(21)22)15(20)7-6-13-10-24-17(18-13)16-3-2-8-23-16/h2-10H,1H3/b7-6+. The number of thiazole rings is 1. The highest BCUT2D eigenvalue weighted by Gasteiger charge is 2.13. The van der Waals surface area contributed by atoms with Crippen LogP contribution in [0.4, 0.5) is 5.69 Å². The van der Waals surface area contributed by atoms with E-state index in [4.69, 9.17) is 0 Å². The van der Waals surface area contributed by atoms with E-state index in [1.807, 2.05) is 22.9 Å². The Bertz CT molecular complexity index is 927. The van der Waals surface area contributed by atoms with Gasteiger partial charge in [-0.3, -0.25) is 14.9 Å². The maximum Gasteiger partial charge on any atom is 0.273 e. The molecule has 0 amide bonds. The summed E-state index contributed by atoms with van der Waals surface area (Å²) in [6.07, 6.45) is 3.02. The van der Waals surface area contributed by atoms with Crippen LogP contribution in [0.25, 0.3) is 16.0 Å². The lowest BCUT2D eigenvalue weighted by molar-refractivity contribution is -0.385. The lowest BCUT2D eigenvalue weighted by Crippen LogP contribution is -1.98. The van der Waals surface area contributed by atoms with E-state index >= 15 is 0 Å². The Balaban J connectivity index is 1.78. The van der Waals surface area contributed by atoms with Crippen molar-refractivity contribution in [3.05, 3.63) is 74.1 Å². The molecular weight excluding hydrogens is 344 g/mol. The molecule has 0 fully saturated rings. The van der Waals surface area contributed by atoms with Crippen molar-refractivity contribution in [2.24, 2.45) is 0 Å². The summed E-state index contributed by atoms with van der Waals surface area (Å²) in [5.74, 6) is -0.288. The van der Waals surface area contributed by atoms with Crippen LogP contribution < -0.4 is 0 Å². The Kier molecular flexibility index (Phi) is 4.64. The molecule has 3 aromatic rings. The first kappa shape index (κ1) is 16.2. The number of aryl methyl sites for hydroxylation is 1. The number of benzene rings is 1. The summed E-state index contributed by atoms with van der Waals surface area (Å²) in [6.45, 7) is 1.64. The van der Waals surface area contributed by atoms with Crippen molar-refractivity contribution < 1.29 is 9.72 Å². The maximum absolute atomic E-state index is 12.2. The van der Waals surface area contributed by atoms with E-state index in [-0.39, 0.29) is 17.0 Å². The first-order valence-electron chi connectivity index (χ1n) is 7.01. The van der Waals surface area contributed by atoms with Gasteiger partial charge in [0.2, 0.25) is 0 Å². The van der Waals surface area contributed by atoms with Gasteiger partial charge < -0.3 is 0 Å². The molecule has 5 nitrogen and oxygen atoms in total. The molecule has 0 radical (unpaired) electrons. The van der Waals surface area contributed by atoms with Gasteiger partial charge >= 0.3 is 0 Å². The molecule has 3 rings (SSSR count). The normalized spacial score (nSPS) is 11.0. The lowest BCUT2D eigenvalue weighted by atomic mass is 10.1. The van der Waals surface area contributed by atoms with E-state index in [1.165, 1.54) is 23.5 Å². The van der Waals surface area contributed by atoms with Gasteiger partial charge in [0.1, 0.15) is 5.01 Å². The Morgan fingerprint density at radius 1 is 1.29 bits per heavy atom. The summed E-state index contributed by atoms with van der Waals surface area (Å²) in [6, 6.07) is 8.43. The van der Waals surface area contributed by atoms with Crippen molar-refractivity contribution in [2.75, 3.05) is 0 Å². The van der Waals surface area contributed by atoms with E-state index < -0.39 is 4.92 Å². The number of carbonyl (C=O) groups excluding carboxylic acids is 1. The third-order valence-corrected chi connectivity index (χ3v) is 5.25. The fourth-order valence-corrected chi connectivity index (χ4v) is 3.69. The molecule has 0 atom stereocenters. The van der Waals surface area contributed by atoms with Gasteiger partial charge in [-0.1, -0.05) is 18.2 Å². The van der Waals surface area contributed by atoms with Gasteiger partial charge in [0.05, 0.1) is 15.5 Å². The first-order chi connectivity index (χ1) is 11.5. The third kappa shape index (κ3) is 3.47. The van der Waals surface area contributed by atoms with Crippen LogP contribution in [0.1, 0.15) is 21.6 Å². The topological polar surface area (TPSA) is 73.1 Å². The van der Waals surface area contributed by atoms with Gasteiger partial charge in [-0.25, -0.2) is 4.98 Å². The maximum atomic E-state index is 12.2. The van der Waals surface area contributed by atoms with Crippen LogP contribution in [0.2, 0.25) is 0 Å². The molecule has 24 heavy (non-hydrogen) atoms. The van der Waals surface area contributed by atoms with Crippen LogP contribution in [-0.4, -0.2) is 15.7 Å². The number of nitro benzene ring substituents is 1. The number of hydrogen-bond donors (Lipinski definition) is 0. The van der Waals surface area contributed by atoms with Crippen molar-refractivity contribution >= 4 is 40.2 Å². The van der Waals surface area contributed by atoms with Crippen LogP contribution in [-0.2, 0) is 0 Å². The molecule has 0 saturated carbocycles. The number of aromatic nitrogens is 1. The van der Waals surface area contributed by atoms with Crippen molar-refractivity contribution in [3.63, 3.8) is 0 Å². The number of hydrogen-bond acceptors (Lipinski definition) is 6. The Labute approximate surface area is 146 Å². The van der Waals surface area contributed by atoms with Crippen LogP contribution in [0.15, 0.2) is 47.2 Å². The second-order valence-corrected chi connectivity index (χ2v) is 6.82. The highest BCUT2D eigenvalue weighted by molar-refractivity contribution is 7.20. The van der Waals surface area contributed by atoms with Crippen LogP contribution >= 0.6 is 22.7 Å². The Morgan fingerprint density at radius 3 is 2.83 bits per heavy atom. The molecule has 7 heteroatoms. The molecule has 0 aliphatic carbocycles. The number of carbonyl (C=O) groups is 1. The highest BCUT2D eigenvalue weighted by Crippen LogP contribution is 2.28. The van der Waals surface area contributed by atoms with Crippen LogP contribution in [0, 0.1) is 17.0 Å². The quantitative estimate of drug-likeness (QED) is 0.279. The highest BCUT2D eigenvalue weighted by atomic mass is 32.1. The predicted octanol–water partition coefficient (Wildman–Crippen LogP) is 4.98. The largest absolute Gasteiger partial charge is 0.289 e. The molecule has 120 valence electrons. The number of nitro groups is 1. The van der Waals surface area contributed by atoms with Gasteiger partial charge in [-0.15, -0.1) is 22.7 Å². The molecule has 1 aromatic carbocycles. The molecule has 0 N–H and O–H groups in total. The second kappa shape index (κ2) is 6.86. The zero-order chi connectivity index (χ0) is 17.1. The lowest BCUT2D eigenvalue weighted by Gasteiger charge is -1.99. The van der Waals surface area contributed by atoms with Gasteiger partial charge in [0.15, 0.2) is 5.78 Å². The number of allylic oxidation sites excluding steroid dienone is 1. The summed E-state index contributed by atoms with van der Waals surface area (Å²) in [5.41, 5.74) is 1.46. The average molecular weight is 356 g/mol. The van der Waals surface area contributed by atoms with Crippen molar-refractivity contribution in [2.45, 2.75) is 6.92 Å². The van der Waals surface area contributed by atoms with Gasteiger partial charge in [-0.05, 0) is 30.5 Å². The van der Waals surface area contributed by atoms with Gasteiger partial charge in [0.25, 0.3) is 5.69 Å². The summed E-state index contributed by atoms with van der Waals surface area (Å²) in [7, 11) is 0. The van der Waals surface area contributed by atoms with Crippen LogP contribution in [0.3, 0.4) is 0 Å². The summed E-state index contributed by atoms with van der Waals surface area (Å²) >= 11 is 3.12. The molecule has 2 heterocycles. The number of rotatable bonds is 5. The average Bonchev–Trinajstić information content (AvgIpc) is 3.24. The number of nitrogens with zero attached hydrogens (tertiary/aromatic N) is 2. The van der Waals surface area contributed by atoms with E-state index in [1.54, 1.807) is 36.5 Å². The van der Waals surface area contributed by atoms with E-state index in [2.05, 4.69) is 4.98 Å². The molecule has 0 aliphatic rings. The second-order valence-electron chi connectivity index (χ2n) is 5.01. The fourth-order valence-electron chi connectivity index (χ4n) is 2.09. The fraction of sp³-hybridized carbons (Fsp3) is 0.0588. The van der Waals surface area contributed by atoms with Crippen molar-refractivity contribution in [1.82, 2.24) is 4.98 Å². The van der Waals surface area contributed by atoms with Crippen LogP contribution in [0.5, 0.6) is 0 Å². The summed E-state index contributed by atoms with van der Waals surface area (Å²) in [5, 5.41) is 15.7. The Morgan fingerprint density at radius 2 is 2.12 bits per heavy atom. The zero-order valence-corrected chi connectivity index (χ0v) is 14.3. The molecule has 0 aliphatic heterocycles. The Hall–Kier alpha value is -2.64. The zero-order valence-electron chi connectivity index (χ0n) is 12.6. The molecular formula is C17H12N2O3S2. The molecule has 0 bridgehead atoms. The van der Waals surface area contributed by atoms with Crippen molar-refractivity contribution in [3.8, 4) is 9.88 Å². The molecule has 0 spiro atoms. The predicted molar refractivity (Wildman–Crippen MR) is 96.6 cm³/mol. The van der Waals surface area contributed by atoms with E-state index in [9.17, 15) is 14.9 Å². The number of ketones is 1. The summed E-state index contributed by atoms with van der Waals surface area (Å²) < 4.78 is 0. The molecule has 2 aromatic heterocycles. The third-order valence-electron chi connectivity index (χ3n) is 3.35. The monoisotopic (exact) mass is 356 g/mol. The smallest absolute Gasteiger partial charge is 0.273 e. The van der Waals surface area contributed by atoms with Crippen molar-refractivity contribution in [1.29, 1.82) is 0 Å².